The van der Waals surface area contributed by atoms with Gasteiger partial charge in [0.05, 0.1) is 0 Å². The molecule has 1 saturated carbocycles. The molecule has 0 aliphatic heterocycles. The molecule has 2 rings (SSSR count). The van der Waals surface area contributed by atoms with Crippen LogP contribution in [0.2, 0.25) is 0 Å². The summed E-state index contributed by atoms with van der Waals surface area (Å²) in [5, 5.41) is 0. The van der Waals surface area contributed by atoms with Crippen molar-refractivity contribution in [1.29, 1.82) is 0 Å². The van der Waals surface area contributed by atoms with Gasteiger partial charge in [-0.1, -0.05) is 12.2 Å². The molecule has 0 radical (unpaired) electrons. The van der Waals surface area contributed by atoms with Gasteiger partial charge in [-0.3, -0.25) is 4.79 Å². The number of fused-ring (bicyclic) bond motifs is 2. The lowest BCUT2D eigenvalue weighted by atomic mass is 9.91. The lowest BCUT2D eigenvalue weighted by Crippen LogP contribution is -2.26. The van der Waals surface area contributed by atoms with Gasteiger partial charge in [-0.15, -0.1) is 0 Å². The highest BCUT2D eigenvalue weighted by Gasteiger charge is 2.37. The van der Waals surface area contributed by atoms with Crippen molar-refractivity contribution in [2.45, 2.75) is 45.6 Å². The zero-order chi connectivity index (χ0) is 11.1. The van der Waals surface area contributed by atoms with E-state index in [9.17, 15) is 4.79 Å². The fraction of sp³-hybridized carbons (Fsp3) is 0.769. The molecule has 0 aromatic rings. The second-order valence-corrected chi connectivity index (χ2v) is 5.83. The average Bonchev–Trinajstić information content (AvgIpc) is 2.60. The molecule has 0 saturated heterocycles. The Kier molecular flexibility index (Phi) is 2.61. The molecule has 2 heteroatoms. The molecule has 2 aliphatic carbocycles. The standard InChI is InChI=1S/C13H20O2/c1-13(2,3)15-12(14)8-11-7-9-4-5-10(11)6-9/h4-5,9-11H,6-8H2,1-3H3. The van der Waals surface area contributed by atoms with Crippen LogP contribution in [0.25, 0.3) is 0 Å². The van der Waals surface area contributed by atoms with Gasteiger partial charge in [0.15, 0.2) is 0 Å². The third kappa shape index (κ3) is 2.61. The topological polar surface area (TPSA) is 26.3 Å². The molecule has 15 heavy (non-hydrogen) atoms. The summed E-state index contributed by atoms with van der Waals surface area (Å²) in [5.41, 5.74) is -0.343. The van der Waals surface area contributed by atoms with Crippen molar-refractivity contribution in [2.75, 3.05) is 0 Å². The number of ether oxygens (including phenoxy) is 1. The van der Waals surface area contributed by atoms with E-state index in [0.717, 1.165) is 5.92 Å². The van der Waals surface area contributed by atoms with Gasteiger partial charge in [-0.2, -0.15) is 0 Å². The van der Waals surface area contributed by atoms with Crippen LogP contribution in [-0.4, -0.2) is 11.6 Å². The molecule has 0 N–H and O–H groups in total. The van der Waals surface area contributed by atoms with Crippen LogP contribution in [0.1, 0.15) is 40.0 Å². The lowest BCUT2D eigenvalue weighted by molar-refractivity contribution is -0.156. The minimum absolute atomic E-state index is 0.0338. The Morgan fingerprint density at radius 1 is 1.33 bits per heavy atom. The summed E-state index contributed by atoms with van der Waals surface area (Å²) in [6.07, 6.45) is 7.62. The molecule has 2 nitrogen and oxygen atoms in total. The van der Waals surface area contributed by atoms with Crippen molar-refractivity contribution in [2.24, 2.45) is 17.8 Å². The highest BCUT2D eigenvalue weighted by Crippen LogP contribution is 2.45. The van der Waals surface area contributed by atoms with E-state index in [-0.39, 0.29) is 11.6 Å². The molecule has 0 aromatic heterocycles. The van der Waals surface area contributed by atoms with Crippen molar-refractivity contribution in [3.63, 3.8) is 0 Å². The van der Waals surface area contributed by atoms with Gasteiger partial charge < -0.3 is 4.74 Å². The third-order valence-electron chi connectivity index (χ3n) is 3.27. The van der Waals surface area contributed by atoms with E-state index in [1.807, 2.05) is 20.8 Å². The lowest BCUT2D eigenvalue weighted by Gasteiger charge is -2.22. The highest BCUT2D eigenvalue weighted by molar-refractivity contribution is 5.70. The Hall–Kier alpha value is -0.790. The second kappa shape index (κ2) is 3.66. The number of rotatable bonds is 2. The summed E-state index contributed by atoms with van der Waals surface area (Å²) in [4.78, 5) is 11.6. The van der Waals surface area contributed by atoms with Gasteiger partial charge in [-0.05, 0) is 51.4 Å². The second-order valence-electron chi connectivity index (χ2n) is 5.83. The molecule has 0 aromatic carbocycles. The maximum atomic E-state index is 11.6. The first-order valence-electron chi connectivity index (χ1n) is 5.84. The largest absolute Gasteiger partial charge is 0.460 e. The number of allylic oxidation sites excluding steroid dienone is 2. The maximum absolute atomic E-state index is 11.6. The predicted molar refractivity (Wildman–Crippen MR) is 59.3 cm³/mol. The Morgan fingerprint density at radius 2 is 2.07 bits per heavy atom. The summed E-state index contributed by atoms with van der Waals surface area (Å²) in [5.74, 6) is 1.88. The van der Waals surface area contributed by atoms with Crippen LogP contribution in [0.3, 0.4) is 0 Å². The monoisotopic (exact) mass is 208 g/mol. The van der Waals surface area contributed by atoms with E-state index in [4.69, 9.17) is 4.74 Å². The minimum atomic E-state index is -0.343. The molecule has 84 valence electrons. The van der Waals surface area contributed by atoms with E-state index in [1.54, 1.807) is 0 Å². The van der Waals surface area contributed by atoms with E-state index >= 15 is 0 Å². The average molecular weight is 208 g/mol. The van der Waals surface area contributed by atoms with Crippen LogP contribution in [0.5, 0.6) is 0 Å². The van der Waals surface area contributed by atoms with E-state index in [2.05, 4.69) is 12.2 Å². The molecular formula is C13H20O2. The smallest absolute Gasteiger partial charge is 0.306 e. The zero-order valence-electron chi connectivity index (χ0n) is 9.82. The van der Waals surface area contributed by atoms with E-state index < -0.39 is 0 Å². The predicted octanol–water partition coefficient (Wildman–Crippen LogP) is 2.93. The maximum Gasteiger partial charge on any atom is 0.306 e. The van der Waals surface area contributed by atoms with Gasteiger partial charge in [0.1, 0.15) is 5.60 Å². The third-order valence-corrected chi connectivity index (χ3v) is 3.27. The summed E-state index contributed by atoms with van der Waals surface area (Å²) in [6.45, 7) is 5.77. The summed E-state index contributed by atoms with van der Waals surface area (Å²) < 4.78 is 5.34. The molecule has 0 heterocycles. The Balaban J connectivity index is 1.83. The number of carbonyl (C=O) groups is 1. The van der Waals surface area contributed by atoms with Crippen molar-refractivity contribution in [3.05, 3.63) is 12.2 Å². The first-order valence-corrected chi connectivity index (χ1v) is 5.84. The Bertz CT molecular complexity index is 285. The van der Waals surface area contributed by atoms with Gasteiger partial charge >= 0.3 is 5.97 Å². The van der Waals surface area contributed by atoms with Crippen molar-refractivity contribution in [1.82, 2.24) is 0 Å². The molecule has 3 atom stereocenters. The molecule has 0 spiro atoms. The Morgan fingerprint density at radius 3 is 2.53 bits per heavy atom. The Labute approximate surface area is 91.7 Å². The minimum Gasteiger partial charge on any atom is -0.460 e. The number of esters is 1. The quantitative estimate of drug-likeness (QED) is 0.515. The molecule has 2 bridgehead atoms. The highest BCUT2D eigenvalue weighted by atomic mass is 16.6. The van der Waals surface area contributed by atoms with Crippen LogP contribution in [0, 0.1) is 17.8 Å². The summed E-state index contributed by atoms with van der Waals surface area (Å²) in [7, 11) is 0. The van der Waals surface area contributed by atoms with Crippen molar-refractivity contribution >= 4 is 5.97 Å². The number of hydrogen-bond donors (Lipinski definition) is 0. The van der Waals surface area contributed by atoms with Gasteiger partial charge in [0.25, 0.3) is 0 Å². The van der Waals surface area contributed by atoms with Crippen LogP contribution >= 0.6 is 0 Å². The van der Waals surface area contributed by atoms with Gasteiger partial charge in [0.2, 0.25) is 0 Å². The van der Waals surface area contributed by atoms with E-state index in [0.29, 0.717) is 18.3 Å². The SMILES string of the molecule is CC(C)(C)OC(=O)CC1CC2C=CC1C2. The molecular weight excluding hydrogens is 188 g/mol. The van der Waals surface area contributed by atoms with Crippen molar-refractivity contribution < 1.29 is 9.53 Å². The van der Waals surface area contributed by atoms with Crippen LogP contribution in [-0.2, 0) is 9.53 Å². The van der Waals surface area contributed by atoms with E-state index in [1.165, 1.54) is 12.8 Å². The van der Waals surface area contributed by atoms with Gasteiger partial charge in [-0.25, -0.2) is 0 Å². The van der Waals surface area contributed by atoms with Crippen LogP contribution < -0.4 is 0 Å². The van der Waals surface area contributed by atoms with Gasteiger partial charge in [0, 0.05) is 6.42 Å². The summed E-state index contributed by atoms with van der Waals surface area (Å²) in [6, 6.07) is 0. The molecule has 0 amide bonds. The first-order chi connectivity index (χ1) is 6.94. The number of carbonyl (C=O) groups excluding carboxylic acids is 1. The van der Waals surface area contributed by atoms with Crippen LogP contribution in [0.4, 0.5) is 0 Å². The zero-order valence-corrected chi connectivity index (χ0v) is 9.82. The first kappa shape index (κ1) is 10.7. The molecule has 1 fully saturated rings. The normalized spacial score (nSPS) is 33.4. The fourth-order valence-corrected chi connectivity index (χ4v) is 2.73. The number of hydrogen-bond acceptors (Lipinski definition) is 2. The van der Waals surface area contributed by atoms with Crippen LogP contribution in [0.15, 0.2) is 12.2 Å². The van der Waals surface area contributed by atoms with Crippen molar-refractivity contribution in [3.8, 4) is 0 Å². The fourth-order valence-electron chi connectivity index (χ4n) is 2.73. The summed E-state index contributed by atoms with van der Waals surface area (Å²) >= 11 is 0. The molecule has 3 unspecified atom stereocenters. The molecule has 2 aliphatic rings.